The number of methoxy groups -OCH3 is 1. The van der Waals surface area contributed by atoms with E-state index in [-0.39, 0.29) is 16.7 Å². The molecule has 0 aromatic rings. The Morgan fingerprint density at radius 1 is 1.13 bits per heavy atom. The summed E-state index contributed by atoms with van der Waals surface area (Å²) in [5.74, 6) is -0.122. The van der Waals surface area contributed by atoms with Crippen molar-refractivity contribution in [3.8, 4) is 0 Å². The van der Waals surface area contributed by atoms with Crippen LogP contribution in [-0.4, -0.2) is 30.2 Å². The van der Waals surface area contributed by atoms with E-state index in [0.717, 1.165) is 38.5 Å². The second-order valence-electron chi connectivity index (χ2n) is 5.01. The van der Waals surface area contributed by atoms with E-state index in [0.29, 0.717) is 0 Å². The summed E-state index contributed by atoms with van der Waals surface area (Å²) in [4.78, 5) is 11.7. The fraction of sp³-hybridized carbons (Fsp3) is 0.900. The lowest BCUT2D eigenvalue weighted by atomic mass is 9.41. The van der Waals surface area contributed by atoms with Gasteiger partial charge in [0.2, 0.25) is 0 Å². The van der Waals surface area contributed by atoms with Crippen LogP contribution in [0.3, 0.4) is 0 Å². The number of carbonyl (C=O) groups excluding carboxylic acids is 1. The van der Waals surface area contributed by atoms with Crippen LogP contribution in [-0.2, 0) is 9.53 Å². The first-order chi connectivity index (χ1) is 7.05. The summed E-state index contributed by atoms with van der Waals surface area (Å²) < 4.78 is 4.84. The molecule has 5 heteroatoms. The molecule has 0 heterocycles. The quantitative estimate of drug-likeness (QED) is 0.523. The Bertz CT molecular complexity index is 252. The average molecular weight is 212 g/mol. The standard InChI is InChI=1S/C10H17BO4/c1-15-8(12)9-2-5-10(6-3-9,7-4-9)11(13)14/h13-14H,2-7H2,1H3. The van der Waals surface area contributed by atoms with Crippen LogP contribution in [0.2, 0.25) is 5.31 Å². The summed E-state index contributed by atoms with van der Waals surface area (Å²) in [5.41, 5.74) is -0.328. The fourth-order valence-electron chi connectivity index (χ4n) is 3.12. The highest BCUT2D eigenvalue weighted by Gasteiger charge is 2.57. The number of hydrogen-bond donors (Lipinski definition) is 2. The molecule has 4 nitrogen and oxygen atoms in total. The van der Waals surface area contributed by atoms with Crippen LogP contribution < -0.4 is 0 Å². The molecule has 84 valence electrons. The van der Waals surface area contributed by atoms with Crippen molar-refractivity contribution < 1.29 is 19.6 Å². The largest absolute Gasteiger partial charge is 0.469 e. The van der Waals surface area contributed by atoms with Crippen LogP contribution in [0.1, 0.15) is 38.5 Å². The van der Waals surface area contributed by atoms with Gasteiger partial charge in [0.15, 0.2) is 0 Å². The molecule has 3 rings (SSSR count). The van der Waals surface area contributed by atoms with Crippen LogP contribution in [0.4, 0.5) is 0 Å². The molecule has 3 fully saturated rings. The lowest BCUT2D eigenvalue weighted by Crippen LogP contribution is -2.49. The van der Waals surface area contributed by atoms with E-state index in [1.54, 1.807) is 0 Å². The van der Waals surface area contributed by atoms with Crippen LogP contribution in [0.5, 0.6) is 0 Å². The topological polar surface area (TPSA) is 66.8 Å². The van der Waals surface area contributed by atoms with Crippen molar-refractivity contribution in [3.63, 3.8) is 0 Å². The van der Waals surface area contributed by atoms with Gasteiger partial charge in [-0.2, -0.15) is 0 Å². The Kier molecular flexibility index (Phi) is 2.55. The zero-order valence-corrected chi connectivity index (χ0v) is 9.03. The van der Waals surface area contributed by atoms with Gasteiger partial charge in [0.1, 0.15) is 0 Å². The van der Waals surface area contributed by atoms with E-state index in [9.17, 15) is 14.8 Å². The molecule has 0 atom stereocenters. The van der Waals surface area contributed by atoms with Crippen molar-refractivity contribution in [3.05, 3.63) is 0 Å². The molecular formula is C10H17BO4. The zero-order chi connectivity index (χ0) is 11.1. The van der Waals surface area contributed by atoms with E-state index in [2.05, 4.69) is 0 Å². The van der Waals surface area contributed by atoms with Gasteiger partial charge in [-0.15, -0.1) is 0 Å². The first kappa shape index (κ1) is 11.0. The molecule has 0 aliphatic heterocycles. The summed E-state index contributed by atoms with van der Waals surface area (Å²) in [7, 11) is 0.183. The van der Waals surface area contributed by atoms with Gasteiger partial charge in [-0.1, -0.05) is 0 Å². The molecule has 0 radical (unpaired) electrons. The Hall–Kier alpha value is -0.545. The van der Waals surface area contributed by atoms with Gasteiger partial charge in [0.05, 0.1) is 12.5 Å². The molecule has 2 N–H and O–H groups in total. The second kappa shape index (κ2) is 3.49. The van der Waals surface area contributed by atoms with Crippen molar-refractivity contribution in [2.75, 3.05) is 7.11 Å². The summed E-state index contributed by atoms with van der Waals surface area (Å²) in [5, 5.41) is 18.4. The van der Waals surface area contributed by atoms with Gasteiger partial charge in [-0.25, -0.2) is 0 Å². The predicted molar refractivity (Wildman–Crippen MR) is 55.0 cm³/mol. The third-order valence-electron chi connectivity index (χ3n) is 4.47. The summed E-state index contributed by atoms with van der Waals surface area (Å²) in [6.45, 7) is 0. The minimum atomic E-state index is -1.24. The van der Waals surface area contributed by atoms with Crippen molar-refractivity contribution >= 4 is 13.1 Å². The Morgan fingerprint density at radius 2 is 1.60 bits per heavy atom. The maximum Gasteiger partial charge on any atom is 0.458 e. The van der Waals surface area contributed by atoms with Gasteiger partial charge in [-0.05, 0) is 38.5 Å². The van der Waals surface area contributed by atoms with E-state index < -0.39 is 7.12 Å². The first-order valence-corrected chi connectivity index (χ1v) is 5.49. The molecular weight excluding hydrogens is 195 g/mol. The van der Waals surface area contributed by atoms with Crippen molar-refractivity contribution in [2.24, 2.45) is 5.41 Å². The Morgan fingerprint density at radius 3 is 1.93 bits per heavy atom. The Balaban J connectivity index is 2.14. The third-order valence-corrected chi connectivity index (χ3v) is 4.47. The van der Waals surface area contributed by atoms with Gasteiger partial charge in [-0.3, -0.25) is 4.79 Å². The van der Waals surface area contributed by atoms with E-state index in [1.165, 1.54) is 7.11 Å². The minimum Gasteiger partial charge on any atom is -0.469 e. The number of rotatable bonds is 2. The van der Waals surface area contributed by atoms with Gasteiger partial charge in [0.25, 0.3) is 0 Å². The second-order valence-corrected chi connectivity index (χ2v) is 5.01. The average Bonchev–Trinajstić information content (AvgIpc) is 2.30. The molecule has 0 saturated heterocycles. The molecule has 0 aromatic carbocycles. The molecule has 15 heavy (non-hydrogen) atoms. The summed E-state index contributed by atoms with van der Waals surface area (Å²) in [6.07, 6.45) is 4.37. The molecule has 3 aliphatic carbocycles. The predicted octanol–water partition coefficient (Wildman–Crippen LogP) is 0.727. The van der Waals surface area contributed by atoms with Crippen molar-refractivity contribution in [2.45, 2.75) is 43.8 Å². The SMILES string of the molecule is COC(=O)C12CCC(B(O)O)(CC1)CC2. The number of esters is 1. The highest BCUT2D eigenvalue weighted by Crippen LogP contribution is 2.61. The molecule has 0 amide bonds. The molecule has 2 bridgehead atoms. The lowest BCUT2D eigenvalue weighted by molar-refractivity contribution is -0.159. The van der Waals surface area contributed by atoms with Crippen LogP contribution in [0, 0.1) is 5.41 Å². The summed E-state index contributed by atoms with van der Waals surface area (Å²) >= 11 is 0. The molecule has 0 unspecified atom stereocenters. The number of carbonyl (C=O) groups is 1. The fourth-order valence-corrected chi connectivity index (χ4v) is 3.12. The highest BCUT2D eigenvalue weighted by molar-refractivity contribution is 6.45. The maximum absolute atomic E-state index is 11.7. The van der Waals surface area contributed by atoms with Gasteiger partial charge < -0.3 is 14.8 Å². The molecule has 0 aromatic heterocycles. The van der Waals surface area contributed by atoms with Gasteiger partial charge in [0, 0.05) is 5.31 Å². The van der Waals surface area contributed by atoms with E-state index >= 15 is 0 Å². The highest BCUT2D eigenvalue weighted by atomic mass is 16.5. The van der Waals surface area contributed by atoms with E-state index in [1.807, 2.05) is 0 Å². The molecule has 0 spiro atoms. The van der Waals surface area contributed by atoms with E-state index in [4.69, 9.17) is 4.74 Å². The smallest absolute Gasteiger partial charge is 0.458 e. The van der Waals surface area contributed by atoms with Crippen LogP contribution in [0.15, 0.2) is 0 Å². The normalized spacial score (nSPS) is 38.9. The molecule has 3 saturated carbocycles. The first-order valence-electron chi connectivity index (χ1n) is 5.49. The van der Waals surface area contributed by atoms with Crippen molar-refractivity contribution in [1.29, 1.82) is 0 Å². The maximum atomic E-state index is 11.7. The molecule has 3 aliphatic rings. The lowest BCUT2D eigenvalue weighted by Gasteiger charge is -2.51. The summed E-state index contributed by atoms with van der Waals surface area (Å²) in [6, 6.07) is 0. The van der Waals surface area contributed by atoms with Crippen molar-refractivity contribution in [1.82, 2.24) is 0 Å². The number of fused-ring (bicyclic) bond motifs is 3. The third kappa shape index (κ3) is 1.49. The number of ether oxygens (including phenoxy) is 1. The van der Waals surface area contributed by atoms with Crippen LogP contribution >= 0.6 is 0 Å². The van der Waals surface area contributed by atoms with Crippen LogP contribution in [0.25, 0.3) is 0 Å². The minimum absolute atomic E-state index is 0.122. The van der Waals surface area contributed by atoms with Gasteiger partial charge >= 0.3 is 13.1 Å². The zero-order valence-electron chi connectivity index (χ0n) is 9.03. The Labute approximate surface area is 89.8 Å². The number of hydrogen-bond acceptors (Lipinski definition) is 4. The monoisotopic (exact) mass is 212 g/mol.